The number of benzene rings is 4. The minimum Gasteiger partial charge on any atom is -0.326 e. The SMILES string of the molecule is CCCCC(N)N(c1ccccc1)c1ccc(N(c2ccccc2)c2ccccc2)cc1. The highest BCUT2D eigenvalue weighted by Gasteiger charge is 2.18. The van der Waals surface area contributed by atoms with Gasteiger partial charge in [0, 0.05) is 28.4 Å². The fourth-order valence-electron chi connectivity index (χ4n) is 4.03. The highest BCUT2D eigenvalue weighted by molar-refractivity contribution is 5.78. The second-order valence-corrected chi connectivity index (χ2v) is 7.94. The number of para-hydroxylation sites is 3. The van der Waals surface area contributed by atoms with Crippen molar-refractivity contribution in [2.24, 2.45) is 5.73 Å². The molecule has 0 radical (unpaired) electrons. The maximum absolute atomic E-state index is 6.66. The lowest BCUT2D eigenvalue weighted by Gasteiger charge is -2.32. The Balaban J connectivity index is 1.70. The van der Waals surface area contributed by atoms with Gasteiger partial charge in [0.15, 0.2) is 0 Å². The predicted octanol–water partition coefficient (Wildman–Crippen LogP) is 7.77. The molecule has 32 heavy (non-hydrogen) atoms. The molecule has 0 bridgehead atoms. The highest BCUT2D eigenvalue weighted by atomic mass is 15.2. The Morgan fingerprint density at radius 2 is 0.938 bits per heavy atom. The molecule has 0 saturated heterocycles. The van der Waals surface area contributed by atoms with E-state index in [2.05, 4.69) is 114 Å². The second-order valence-electron chi connectivity index (χ2n) is 7.94. The van der Waals surface area contributed by atoms with E-state index in [0.717, 1.165) is 47.7 Å². The molecular weight excluding hydrogens is 390 g/mol. The zero-order chi connectivity index (χ0) is 22.2. The van der Waals surface area contributed by atoms with Gasteiger partial charge in [-0.3, -0.25) is 0 Å². The van der Waals surface area contributed by atoms with Gasteiger partial charge >= 0.3 is 0 Å². The maximum atomic E-state index is 6.66. The van der Waals surface area contributed by atoms with Crippen LogP contribution in [0.4, 0.5) is 28.4 Å². The molecule has 0 saturated carbocycles. The molecule has 0 aliphatic heterocycles. The van der Waals surface area contributed by atoms with Gasteiger partial charge in [-0.1, -0.05) is 74.4 Å². The molecule has 0 heterocycles. The third-order valence-electron chi connectivity index (χ3n) is 5.63. The summed E-state index contributed by atoms with van der Waals surface area (Å²) in [4.78, 5) is 4.52. The van der Waals surface area contributed by atoms with Crippen LogP contribution in [0.1, 0.15) is 26.2 Å². The van der Waals surface area contributed by atoms with E-state index in [1.54, 1.807) is 0 Å². The van der Waals surface area contributed by atoms with Gasteiger partial charge in [-0.05, 0) is 67.1 Å². The Kier molecular flexibility index (Phi) is 7.21. The zero-order valence-electron chi connectivity index (χ0n) is 18.6. The molecule has 2 N–H and O–H groups in total. The molecule has 0 fully saturated rings. The van der Waals surface area contributed by atoms with Crippen LogP contribution in [0.25, 0.3) is 0 Å². The maximum Gasteiger partial charge on any atom is 0.0820 e. The van der Waals surface area contributed by atoms with Crippen LogP contribution in [-0.2, 0) is 0 Å². The van der Waals surface area contributed by atoms with Crippen molar-refractivity contribution in [1.82, 2.24) is 0 Å². The van der Waals surface area contributed by atoms with Gasteiger partial charge in [-0.25, -0.2) is 0 Å². The molecule has 1 unspecified atom stereocenters. The van der Waals surface area contributed by atoms with Gasteiger partial charge in [0.05, 0.1) is 6.17 Å². The molecule has 4 aromatic carbocycles. The lowest BCUT2D eigenvalue weighted by atomic mass is 10.1. The summed E-state index contributed by atoms with van der Waals surface area (Å²) in [6, 6.07) is 40.1. The van der Waals surface area contributed by atoms with Crippen molar-refractivity contribution in [1.29, 1.82) is 0 Å². The largest absolute Gasteiger partial charge is 0.326 e. The van der Waals surface area contributed by atoms with Gasteiger partial charge in [-0.2, -0.15) is 0 Å². The summed E-state index contributed by atoms with van der Waals surface area (Å²) in [6.45, 7) is 2.20. The molecule has 162 valence electrons. The van der Waals surface area contributed by atoms with Crippen LogP contribution in [0.2, 0.25) is 0 Å². The molecule has 0 spiro atoms. The normalized spacial score (nSPS) is 11.7. The van der Waals surface area contributed by atoms with E-state index >= 15 is 0 Å². The van der Waals surface area contributed by atoms with Gasteiger partial charge in [0.1, 0.15) is 0 Å². The molecule has 4 aromatic rings. The summed E-state index contributed by atoms with van der Waals surface area (Å²) in [5.74, 6) is 0. The van der Waals surface area contributed by atoms with Crippen molar-refractivity contribution in [3.63, 3.8) is 0 Å². The summed E-state index contributed by atoms with van der Waals surface area (Å²) >= 11 is 0. The van der Waals surface area contributed by atoms with Crippen LogP contribution in [0.3, 0.4) is 0 Å². The highest BCUT2D eigenvalue weighted by Crippen LogP contribution is 2.36. The number of nitrogens with zero attached hydrogens (tertiary/aromatic N) is 2. The summed E-state index contributed by atoms with van der Waals surface area (Å²) in [7, 11) is 0. The first-order chi connectivity index (χ1) is 15.8. The molecular formula is C29H31N3. The van der Waals surface area contributed by atoms with E-state index in [1.807, 2.05) is 18.2 Å². The first-order valence-electron chi connectivity index (χ1n) is 11.4. The average Bonchev–Trinajstić information content (AvgIpc) is 2.86. The smallest absolute Gasteiger partial charge is 0.0820 e. The predicted molar refractivity (Wildman–Crippen MR) is 137 cm³/mol. The molecule has 0 amide bonds. The third-order valence-corrected chi connectivity index (χ3v) is 5.63. The van der Waals surface area contributed by atoms with Crippen LogP contribution in [0.15, 0.2) is 115 Å². The molecule has 4 rings (SSSR count). The van der Waals surface area contributed by atoms with E-state index in [1.165, 1.54) is 0 Å². The van der Waals surface area contributed by atoms with Crippen molar-refractivity contribution in [3.8, 4) is 0 Å². The standard InChI is InChI=1S/C29H31N3/c1-2-3-19-29(30)32(26-17-11-6-12-18-26)28-22-20-27(21-23-28)31(24-13-7-4-8-14-24)25-15-9-5-10-16-25/h4-18,20-23,29H,2-3,19,30H2,1H3. The van der Waals surface area contributed by atoms with Crippen molar-refractivity contribution in [2.45, 2.75) is 32.4 Å². The van der Waals surface area contributed by atoms with Crippen molar-refractivity contribution in [2.75, 3.05) is 9.80 Å². The number of nitrogens with two attached hydrogens (primary N) is 1. The van der Waals surface area contributed by atoms with Gasteiger partial charge in [0.25, 0.3) is 0 Å². The minimum atomic E-state index is -0.0671. The quantitative estimate of drug-likeness (QED) is 0.280. The molecule has 0 aromatic heterocycles. The van der Waals surface area contributed by atoms with Crippen molar-refractivity contribution in [3.05, 3.63) is 115 Å². The Hall–Kier alpha value is -3.56. The summed E-state index contributed by atoms with van der Waals surface area (Å²) in [5, 5.41) is 0. The zero-order valence-corrected chi connectivity index (χ0v) is 18.6. The van der Waals surface area contributed by atoms with Gasteiger partial charge in [0.2, 0.25) is 0 Å². The Morgan fingerprint density at radius 3 is 1.41 bits per heavy atom. The van der Waals surface area contributed by atoms with Gasteiger partial charge in [-0.15, -0.1) is 0 Å². The number of unbranched alkanes of at least 4 members (excludes halogenated alkanes) is 1. The fraction of sp³-hybridized carbons (Fsp3) is 0.172. The van der Waals surface area contributed by atoms with Crippen molar-refractivity contribution < 1.29 is 0 Å². The number of hydrogen-bond donors (Lipinski definition) is 1. The van der Waals surface area contributed by atoms with E-state index in [4.69, 9.17) is 5.73 Å². The number of rotatable bonds is 9. The van der Waals surface area contributed by atoms with Crippen LogP contribution in [0, 0.1) is 0 Å². The molecule has 0 aliphatic carbocycles. The Bertz CT molecular complexity index is 1020. The van der Waals surface area contributed by atoms with E-state index < -0.39 is 0 Å². The Morgan fingerprint density at radius 1 is 0.562 bits per heavy atom. The number of anilines is 5. The van der Waals surface area contributed by atoms with Crippen LogP contribution in [-0.4, -0.2) is 6.17 Å². The van der Waals surface area contributed by atoms with Gasteiger partial charge < -0.3 is 15.5 Å². The summed E-state index contributed by atoms with van der Waals surface area (Å²) in [6.07, 6.45) is 3.13. The van der Waals surface area contributed by atoms with Crippen molar-refractivity contribution >= 4 is 28.4 Å². The first-order valence-corrected chi connectivity index (χ1v) is 11.4. The summed E-state index contributed by atoms with van der Waals surface area (Å²) < 4.78 is 0. The molecule has 3 heteroatoms. The second kappa shape index (κ2) is 10.7. The van der Waals surface area contributed by atoms with Crippen LogP contribution in [0.5, 0.6) is 0 Å². The van der Waals surface area contributed by atoms with Crippen LogP contribution < -0.4 is 15.5 Å². The molecule has 1 atom stereocenters. The van der Waals surface area contributed by atoms with E-state index in [-0.39, 0.29) is 6.17 Å². The molecule has 3 nitrogen and oxygen atoms in total. The van der Waals surface area contributed by atoms with Crippen LogP contribution >= 0.6 is 0 Å². The number of hydrogen-bond acceptors (Lipinski definition) is 3. The molecule has 0 aliphatic rings. The minimum absolute atomic E-state index is 0.0671. The Labute approximate surface area is 191 Å². The first kappa shape index (κ1) is 21.7. The fourth-order valence-corrected chi connectivity index (χ4v) is 4.03. The third kappa shape index (κ3) is 5.01. The lowest BCUT2D eigenvalue weighted by Crippen LogP contribution is -2.38. The van der Waals surface area contributed by atoms with E-state index in [0.29, 0.717) is 0 Å². The monoisotopic (exact) mass is 421 g/mol. The summed E-state index contributed by atoms with van der Waals surface area (Å²) in [5.41, 5.74) is 12.3. The van der Waals surface area contributed by atoms with E-state index in [9.17, 15) is 0 Å². The topological polar surface area (TPSA) is 32.5 Å². The lowest BCUT2D eigenvalue weighted by molar-refractivity contribution is 0.582. The average molecular weight is 422 g/mol.